The molecule has 0 fully saturated rings. The molecule has 30 heavy (non-hydrogen) atoms. The zero-order valence-electron chi connectivity index (χ0n) is 18.2. The normalized spacial score (nSPS) is 15.2. The lowest BCUT2D eigenvalue weighted by molar-refractivity contribution is -0.116. The van der Waals surface area contributed by atoms with Gasteiger partial charge in [-0.15, -0.1) is 0 Å². The Morgan fingerprint density at radius 1 is 1.30 bits per heavy atom. The number of aryl methyl sites for hydroxylation is 3. The van der Waals surface area contributed by atoms with E-state index in [1.54, 1.807) is 0 Å². The van der Waals surface area contributed by atoms with Gasteiger partial charge in [-0.3, -0.25) is 4.79 Å². The summed E-state index contributed by atoms with van der Waals surface area (Å²) in [6.07, 6.45) is 1.92. The third-order valence-corrected chi connectivity index (χ3v) is 5.46. The fourth-order valence-corrected chi connectivity index (χ4v) is 4.07. The van der Waals surface area contributed by atoms with E-state index in [4.69, 9.17) is 9.47 Å². The first-order chi connectivity index (χ1) is 14.4. The highest BCUT2D eigenvalue weighted by atomic mass is 16.5. The van der Waals surface area contributed by atoms with Crippen LogP contribution in [-0.2, 0) is 17.6 Å². The predicted octanol–water partition coefficient (Wildman–Crippen LogP) is 3.95. The van der Waals surface area contributed by atoms with Crippen LogP contribution >= 0.6 is 0 Å². The number of hydrogen-bond donors (Lipinski definition) is 1. The van der Waals surface area contributed by atoms with E-state index in [9.17, 15) is 4.79 Å². The van der Waals surface area contributed by atoms with E-state index in [0.29, 0.717) is 30.9 Å². The first-order valence-electron chi connectivity index (χ1n) is 10.4. The number of nitrogens with one attached hydrogen (secondary N) is 1. The van der Waals surface area contributed by atoms with Gasteiger partial charge in [-0.05, 0) is 52.7 Å². The molecule has 4 rings (SSSR count). The van der Waals surface area contributed by atoms with E-state index >= 15 is 0 Å². The number of carbonyl (C=O) groups excluding carboxylic acids is 1. The highest BCUT2D eigenvalue weighted by Gasteiger charge is 2.23. The SMILES string of the molecule is CCOc1cc2c(cc1NC(=O)CCc1c(C)nc3cc(C)nn3c1C)O[C@H](C)C2. The van der Waals surface area contributed by atoms with Crippen molar-refractivity contribution < 1.29 is 14.3 Å². The third kappa shape index (κ3) is 3.84. The maximum atomic E-state index is 12.7. The van der Waals surface area contributed by atoms with Crippen molar-refractivity contribution in [2.45, 2.75) is 60.0 Å². The Labute approximate surface area is 176 Å². The number of rotatable bonds is 6. The van der Waals surface area contributed by atoms with Gasteiger partial charge in [0.05, 0.1) is 18.0 Å². The average molecular weight is 409 g/mol. The Hall–Kier alpha value is -3.09. The van der Waals surface area contributed by atoms with Gasteiger partial charge in [0.2, 0.25) is 5.91 Å². The fraction of sp³-hybridized carbons (Fsp3) is 0.435. The zero-order chi connectivity index (χ0) is 21.4. The largest absolute Gasteiger partial charge is 0.492 e. The number of carbonyl (C=O) groups is 1. The molecule has 3 aromatic rings. The van der Waals surface area contributed by atoms with E-state index in [0.717, 1.165) is 46.0 Å². The van der Waals surface area contributed by atoms with E-state index in [-0.39, 0.29) is 12.0 Å². The molecule has 1 aromatic carbocycles. The summed E-state index contributed by atoms with van der Waals surface area (Å²) < 4.78 is 13.4. The summed E-state index contributed by atoms with van der Waals surface area (Å²) in [5.74, 6) is 1.43. The lowest BCUT2D eigenvalue weighted by Gasteiger charge is -2.14. The van der Waals surface area contributed by atoms with Crippen LogP contribution in [0.3, 0.4) is 0 Å². The number of amides is 1. The molecule has 0 bridgehead atoms. The summed E-state index contributed by atoms with van der Waals surface area (Å²) >= 11 is 0. The quantitative estimate of drug-likeness (QED) is 0.668. The Kier molecular flexibility index (Phi) is 5.37. The van der Waals surface area contributed by atoms with E-state index < -0.39 is 0 Å². The molecule has 1 atom stereocenters. The highest BCUT2D eigenvalue weighted by Crippen LogP contribution is 2.38. The van der Waals surface area contributed by atoms with Crippen LogP contribution in [0, 0.1) is 20.8 Å². The Bertz CT molecular complexity index is 1120. The van der Waals surface area contributed by atoms with Crippen LogP contribution in [0.25, 0.3) is 5.65 Å². The molecule has 0 saturated heterocycles. The summed E-state index contributed by atoms with van der Waals surface area (Å²) in [4.78, 5) is 17.4. The van der Waals surface area contributed by atoms with Gasteiger partial charge in [0.25, 0.3) is 0 Å². The van der Waals surface area contributed by atoms with Crippen LogP contribution in [0.15, 0.2) is 18.2 Å². The molecule has 1 aliphatic rings. The minimum Gasteiger partial charge on any atom is -0.492 e. The van der Waals surface area contributed by atoms with Crippen LogP contribution in [0.4, 0.5) is 5.69 Å². The third-order valence-electron chi connectivity index (χ3n) is 5.46. The van der Waals surface area contributed by atoms with Gasteiger partial charge in [0, 0.05) is 41.9 Å². The summed E-state index contributed by atoms with van der Waals surface area (Å²) in [5, 5.41) is 7.51. The second-order valence-corrected chi connectivity index (χ2v) is 7.89. The van der Waals surface area contributed by atoms with E-state index in [1.165, 1.54) is 0 Å². The molecule has 1 amide bonds. The molecule has 7 heteroatoms. The van der Waals surface area contributed by atoms with E-state index in [2.05, 4.69) is 15.4 Å². The van der Waals surface area contributed by atoms with Gasteiger partial charge in [0.15, 0.2) is 5.65 Å². The van der Waals surface area contributed by atoms with Crippen molar-refractivity contribution in [1.82, 2.24) is 14.6 Å². The molecular formula is C23H28N4O3. The summed E-state index contributed by atoms with van der Waals surface area (Å²) in [6.45, 7) is 10.5. The first kappa shape index (κ1) is 20.2. The van der Waals surface area contributed by atoms with Crippen molar-refractivity contribution in [2.75, 3.05) is 11.9 Å². The number of benzene rings is 1. The molecule has 0 aliphatic carbocycles. The summed E-state index contributed by atoms with van der Waals surface area (Å²) in [6, 6.07) is 5.81. The Morgan fingerprint density at radius 2 is 2.10 bits per heavy atom. The number of fused-ring (bicyclic) bond motifs is 2. The standard InChI is InChI=1S/C23H28N4O3/c1-6-29-21-11-17-10-14(3)30-20(17)12-19(21)25-23(28)8-7-18-15(4)24-22-9-13(2)26-27(22)16(18)5/h9,11-12,14H,6-8,10H2,1-5H3,(H,25,28)/t14-/m1/s1. The topological polar surface area (TPSA) is 77.8 Å². The van der Waals surface area contributed by atoms with Crippen LogP contribution in [0.2, 0.25) is 0 Å². The summed E-state index contributed by atoms with van der Waals surface area (Å²) in [7, 11) is 0. The fourth-order valence-electron chi connectivity index (χ4n) is 4.07. The van der Waals surface area contributed by atoms with Gasteiger partial charge >= 0.3 is 0 Å². The number of aromatic nitrogens is 3. The van der Waals surface area contributed by atoms with Crippen molar-refractivity contribution in [2.24, 2.45) is 0 Å². The van der Waals surface area contributed by atoms with Crippen molar-refractivity contribution in [3.8, 4) is 11.5 Å². The maximum Gasteiger partial charge on any atom is 0.224 e. The number of nitrogens with zero attached hydrogens (tertiary/aromatic N) is 3. The van der Waals surface area contributed by atoms with Gasteiger partial charge in [0.1, 0.15) is 17.6 Å². The smallest absolute Gasteiger partial charge is 0.224 e. The average Bonchev–Trinajstić information content (AvgIpc) is 3.22. The Balaban J connectivity index is 1.51. The van der Waals surface area contributed by atoms with Gasteiger partial charge < -0.3 is 14.8 Å². The molecule has 158 valence electrons. The van der Waals surface area contributed by atoms with Crippen molar-refractivity contribution >= 4 is 17.2 Å². The first-order valence-corrected chi connectivity index (χ1v) is 10.4. The second kappa shape index (κ2) is 7.97. The monoisotopic (exact) mass is 408 g/mol. The molecule has 3 heterocycles. The van der Waals surface area contributed by atoms with Crippen LogP contribution in [-0.4, -0.2) is 33.2 Å². The van der Waals surface area contributed by atoms with Gasteiger partial charge in [-0.2, -0.15) is 5.10 Å². The molecule has 0 unspecified atom stereocenters. The molecule has 2 aromatic heterocycles. The Morgan fingerprint density at radius 3 is 2.87 bits per heavy atom. The minimum atomic E-state index is -0.0718. The highest BCUT2D eigenvalue weighted by molar-refractivity contribution is 5.93. The minimum absolute atomic E-state index is 0.0718. The van der Waals surface area contributed by atoms with Gasteiger partial charge in [-0.25, -0.2) is 9.50 Å². The molecule has 1 N–H and O–H groups in total. The van der Waals surface area contributed by atoms with E-state index in [1.807, 2.05) is 57.3 Å². The lowest BCUT2D eigenvalue weighted by atomic mass is 10.1. The maximum absolute atomic E-state index is 12.7. The van der Waals surface area contributed by atoms with Crippen LogP contribution in [0.5, 0.6) is 11.5 Å². The zero-order valence-corrected chi connectivity index (χ0v) is 18.2. The summed E-state index contributed by atoms with van der Waals surface area (Å²) in [5.41, 5.74) is 6.54. The lowest BCUT2D eigenvalue weighted by Crippen LogP contribution is -2.15. The molecule has 0 saturated carbocycles. The second-order valence-electron chi connectivity index (χ2n) is 7.89. The number of anilines is 1. The number of ether oxygens (including phenoxy) is 2. The van der Waals surface area contributed by atoms with Crippen LogP contribution < -0.4 is 14.8 Å². The van der Waals surface area contributed by atoms with Crippen molar-refractivity contribution in [3.05, 3.63) is 46.4 Å². The molecule has 0 radical (unpaired) electrons. The predicted molar refractivity (Wildman–Crippen MR) is 116 cm³/mol. The number of hydrogen-bond acceptors (Lipinski definition) is 5. The molecule has 0 spiro atoms. The molecule has 1 aliphatic heterocycles. The van der Waals surface area contributed by atoms with Crippen molar-refractivity contribution in [1.29, 1.82) is 0 Å². The molecular weight excluding hydrogens is 380 g/mol. The molecule has 7 nitrogen and oxygen atoms in total. The van der Waals surface area contributed by atoms with Gasteiger partial charge in [-0.1, -0.05) is 0 Å². The van der Waals surface area contributed by atoms with Crippen molar-refractivity contribution in [3.63, 3.8) is 0 Å². The van der Waals surface area contributed by atoms with Crippen LogP contribution in [0.1, 0.15) is 48.5 Å².